The maximum absolute atomic E-state index is 12.4. The van der Waals surface area contributed by atoms with Gasteiger partial charge in [-0.15, -0.1) is 0 Å². The zero-order valence-corrected chi connectivity index (χ0v) is 8.60. The Balaban J connectivity index is 3.14. The highest BCUT2D eigenvalue weighted by Gasteiger charge is 2.33. The van der Waals surface area contributed by atoms with Crippen molar-refractivity contribution in [1.29, 1.82) is 0 Å². The molecule has 0 saturated heterocycles. The van der Waals surface area contributed by atoms with E-state index in [2.05, 4.69) is 4.98 Å². The van der Waals surface area contributed by atoms with E-state index in [9.17, 15) is 13.2 Å². The molecule has 0 bridgehead atoms. The van der Waals surface area contributed by atoms with E-state index in [-0.39, 0.29) is 6.54 Å². The Kier molecular flexibility index (Phi) is 3.04. The largest absolute Gasteiger partial charge is 0.433 e. The Bertz CT molecular complexity index is 345. The lowest BCUT2D eigenvalue weighted by molar-refractivity contribution is -0.141. The monoisotopic (exact) mass is 218 g/mol. The first-order chi connectivity index (χ1) is 6.77. The van der Waals surface area contributed by atoms with Crippen LogP contribution in [0.15, 0.2) is 18.2 Å². The molecule has 1 aromatic heterocycles. The fraction of sp³-hybridized carbons (Fsp3) is 0.500. The minimum Gasteiger partial charge on any atom is -0.330 e. The zero-order chi connectivity index (χ0) is 11.7. The van der Waals surface area contributed by atoms with Crippen LogP contribution in [-0.2, 0) is 11.6 Å². The van der Waals surface area contributed by atoms with Crippen molar-refractivity contribution in [3.8, 4) is 0 Å². The van der Waals surface area contributed by atoms with Gasteiger partial charge in [0.1, 0.15) is 5.69 Å². The number of aromatic nitrogens is 1. The Morgan fingerprint density at radius 3 is 2.20 bits per heavy atom. The fourth-order valence-electron chi connectivity index (χ4n) is 1.07. The van der Waals surface area contributed by atoms with Crippen molar-refractivity contribution < 1.29 is 13.2 Å². The second-order valence-electron chi connectivity index (χ2n) is 3.99. The van der Waals surface area contributed by atoms with Crippen LogP contribution in [-0.4, -0.2) is 11.5 Å². The summed E-state index contributed by atoms with van der Waals surface area (Å²) < 4.78 is 37.1. The smallest absolute Gasteiger partial charge is 0.330 e. The van der Waals surface area contributed by atoms with Gasteiger partial charge in [-0.3, -0.25) is 0 Å². The van der Waals surface area contributed by atoms with E-state index in [1.807, 2.05) is 0 Å². The predicted octanol–water partition coefficient (Wildman–Crippen LogP) is 2.34. The summed E-state index contributed by atoms with van der Waals surface area (Å²) in [4.78, 5) is 3.58. The maximum Gasteiger partial charge on any atom is 0.433 e. The van der Waals surface area contributed by atoms with Gasteiger partial charge in [0, 0.05) is 17.7 Å². The first-order valence-corrected chi connectivity index (χ1v) is 4.52. The van der Waals surface area contributed by atoms with Gasteiger partial charge < -0.3 is 5.73 Å². The van der Waals surface area contributed by atoms with Gasteiger partial charge in [-0.1, -0.05) is 19.9 Å². The molecule has 0 atom stereocenters. The molecular weight excluding hydrogens is 205 g/mol. The Morgan fingerprint density at radius 1 is 1.20 bits per heavy atom. The second-order valence-corrected chi connectivity index (χ2v) is 3.99. The van der Waals surface area contributed by atoms with Crippen molar-refractivity contribution in [2.24, 2.45) is 5.73 Å². The molecule has 1 heterocycles. The first-order valence-electron chi connectivity index (χ1n) is 4.52. The van der Waals surface area contributed by atoms with Gasteiger partial charge in [-0.2, -0.15) is 13.2 Å². The molecule has 0 unspecified atom stereocenters. The summed E-state index contributed by atoms with van der Waals surface area (Å²) in [6, 6.07) is 3.86. The fourth-order valence-corrected chi connectivity index (χ4v) is 1.07. The number of hydrogen-bond donors (Lipinski definition) is 1. The van der Waals surface area contributed by atoms with Crippen molar-refractivity contribution >= 4 is 0 Å². The average Bonchev–Trinajstić information content (AvgIpc) is 2.17. The van der Waals surface area contributed by atoms with Crippen LogP contribution >= 0.6 is 0 Å². The Morgan fingerprint density at radius 2 is 1.73 bits per heavy atom. The van der Waals surface area contributed by atoms with Crippen LogP contribution in [0.5, 0.6) is 0 Å². The molecule has 1 aromatic rings. The number of alkyl halides is 3. The van der Waals surface area contributed by atoms with Crippen LogP contribution in [0.2, 0.25) is 0 Å². The predicted molar refractivity (Wildman–Crippen MR) is 51.3 cm³/mol. The third kappa shape index (κ3) is 2.68. The number of hydrogen-bond acceptors (Lipinski definition) is 2. The van der Waals surface area contributed by atoms with E-state index in [0.717, 1.165) is 6.07 Å². The maximum atomic E-state index is 12.4. The molecule has 84 valence electrons. The average molecular weight is 218 g/mol. The molecule has 1 rings (SSSR count). The van der Waals surface area contributed by atoms with Gasteiger partial charge in [-0.05, 0) is 12.1 Å². The number of nitrogens with two attached hydrogens (primary N) is 1. The summed E-state index contributed by atoms with van der Waals surface area (Å²) in [6.07, 6.45) is -4.40. The van der Waals surface area contributed by atoms with E-state index in [4.69, 9.17) is 5.73 Å². The molecule has 15 heavy (non-hydrogen) atoms. The lowest BCUT2D eigenvalue weighted by Gasteiger charge is -2.22. The normalized spacial score (nSPS) is 12.9. The molecule has 0 fully saturated rings. The molecule has 0 radical (unpaired) electrons. The molecule has 0 aromatic carbocycles. The molecule has 0 amide bonds. The highest BCUT2D eigenvalue weighted by Crippen LogP contribution is 2.29. The molecule has 0 aliphatic rings. The van der Waals surface area contributed by atoms with Gasteiger partial charge in [0.05, 0.1) is 0 Å². The quantitative estimate of drug-likeness (QED) is 0.827. The van der Waals surface area contributed by atoms with Gasteiger partial charge >= 0.3 is 6.18 Å². The standard InChI is InChI=1S/C10H13F3N2/c1-9(2,6-14)7-4-3-5-8(15-7)10(11,12)13/h3-5H,6,14H2,1-2H3. The van der Waals surface area contributed by atoms with Crippen molar-refractivity contribution in [3.63, 3.8) is 0 Å². The molecule has 2 N–H and O–H groups in total. The molecule has 0 saturated carbocycles. The second kappa shape index (κ2) is 3.81. The Labute approximate surface area is 86.3 Å². The van der Waals surface area contributed by atoms with Crippen LogP contribution in [0.1, 0.15) is 25.2 Å². The van der Waals surface area contributed by atoms with Crippen molar-refractivity contribution in [2.45, 2.75) is 25.4 Å². The summed E-state index contributed by atoms with van der Waals surface area (Å²) in [6.45, 7) is 3.77. The minimum atomic E-state index is -4.40. The van der Waals surface area contributed by atoms with Crippen LogP contribution < -0.4 is 5.73 Å². The van der Waals surface area contributed by atoms with Gasteiger partial charge in [0.15, 0.2) is 0 Å². The van der Waals surface area contributed by atoms with E-state index >= 15 is 0 Å². The highest BCUT2D eigenvalue weighted by molar-refractivity contribution is 5.20. The molecule has 2 nitrogen and oxygen atoms in total. The number of rotatable bonds is 2. The number of nitrogens with zero attached hydrogens (tertiary/aromatic N) is 1. The molecule has 0 spiro atoms. The third-order valence-electron chi connectivity index (χ3n) is 2.24. The topological polar surface area (TPSA) is 38.9 Å². The van der Waals surface area contributed by atoms with E-state index in [1.165, 1.54) is 6.07 Å². The van der Waals surface area contributed by atoms with Gasteiger partial charge in [-0.25, -0.2) is 4.98 Å². The zero-order valence-electron chi connectivity index (χ0n) is 8.60. The number of pyridine rings is 1. The summed E-state index contributed by atoms with van der Waals surface area (Å²) in [5, 5.41) is 0. The van der Waals surface area contributed by atoms with E-state index in [0.29, 0.717) is 5.69 Å². The van der Waals surface area contributed by atoms with Crippen molar-refractivity contribution in [3.05, 3.63) is 29.6 Å². The molecule has 5 heteroatoms. The van der Waals surface area contributed by atoms with Crippen LogP contribution in [0.3, 0.4) is 0 Å². The third-order valence-corrected chi connectivity index (χ3v) is 2.24. The van der Waals surface area contributed by atoms with Gasteiger partial charge in [0.25, 0.3) is 0 Å². The van der Waals surface area contributed by atoms with E-state index < -0.39 is 17.3 Å². The van der Waals surface area contributed by atoms with E-state index in [1.54, 1.807) is 19.9 Å². The van der Waals surface area contributed by atoms with Crippen LogP contribution in [0.25, 0.3) is 0 Å². The van der Waals surface area contributed by atoms with Gasteiger partial charge in [0.2, 0.25) is 0 Å². The summed E-state index contributed by atoms with van der Waals surface area (Å²) in [5.74, 6) is 0. The van der Waals surface area contributed by atoms with Crippen LogP contribution in [0.4, 0.5) is 13.2 Å². The molecule has 0 aliphatic heterocycles. The van der Waals surface area contributed by atoms with Crippen molar-refractivity contribution in [1.82, 2.24) is 4.98 Å². The summed E-state index contributed by atoms with van der Waals surface area (Å²) in [7, 11) is 0. The Hall–Kier alpha value is -1.10. The number of halogens is 3. The first kappa shape index (κ1) is 12.0. The van der Waals surface area contributed by atoms with Crippen molar-refractivity contribution in [2.75, 3.05) is 6.54 Å². The lowest BCUT2D eigenvalue weighted by Crippen LogP contribution is -2.30. The summed E-state index contributed by atoms with van der Waals surface area (Å²) >= 11 is 0. The molecule has 0 aliphatic carbocycles. The molecular formula is C10H13F3N2. The highest BCUT2D eigenvalue weighted by atomic mass is 19.4. The minimum absolute atomic E-state index is 0.251. The SMILES string of the molecule is CC(C)(CN)c1cccc(C(F)(F)F)n1. The van der Waals surface area contributed by atoms with Crippen LogP contribution in [0, 0.1) is 0 Å². The summed E-state index contributed by atoms with van der Waals surface area (Å²) in [5.41, 5.74) is 4.42. The lowest BCUT2D eigenvalue weighted by atomic mass is 9.89.